The molecule has 0 bridgehead atoms. The molecule has 0 unspecified atom stereocenters. The van der Waals surface area contributed by atoms with Gasteiger partial charge in [-0.2, -0.15) is 21.0 Å². The van der Waals surface area contributed by atoms with E-state index in [9.17, 15) is 27.6 Å². The van der Waals surface area contributed by atoms with Crippen molar-refractivity contribution in [3.05, 3.63) is 0 Å². The van der Waals surface area contributed by atoms with Crippen molar-refractivity contribution in [3.8, 4) is 0 Å². The molecule has 5 atom stereocenters. The summed E-state index contributed by atoms with van der Waals surface area (Å²) in [5, 5.41) is 21.1. The lowest BCUT2D eigenvalue weighted by atomic mass is 9.97. The average Bonchev–Trinajstić information content (AvgIpc) is 2.60. The van der Waals surface area contributed by atoms with Gasteiger partial charge >= 0.3 is 11.9 Å². The van der Waals surface area contributed by atoms with Crippen molar-refractivity contribution < 1.29 is 42.4 Å². The molecule has 0 saturated heterocycles. The Bertz CT molecular complexity index is 714. The summed E-state index contributed by atoms with van der Waals surface area (Å²) in [7, 11) is -4.28. The second kappa shape index (κ2) is 11.9. The summed E-state index contributed by atoms with van der Waals surface area (Å²) in [5.41, 5.74) is 5.70. The Labute approximate surface area is 173 Å². The highest BCUT2D eigenvalue weighted by Crippen LogP contribution is 2.12. The van der Waals surface area contributed by atoms with Crippen LogP contribution in [0.4, 0.5) is 0 Å². The Hall–Kier alpha value is -1.90. The average molecular weight is 458 g/mol. The maximum absolute atomic E-state index is 12.5. The largest absolute Gasteiger partial charge is 0.481 e. The normalized spacial score (nSPS) is 16.7. The number of nitrogens with two attached hydrogens (primary N) is 1. The highest BCUT2D eigenvalue weighted by Gasteiger charge is 2.33. The Morgan fingerprint density at radius 1 is 1.10 bits per heavy atom. The predicted molar refractivity (Wildman–Crippen MR) is 105 cm³/mol. The minimum absolute atomic E-state index is 0.264. The van der Waals surface area contributed by atoms with E-state index in [4.69, 9.17) is 20.5 Å². The lowest BCUT2D eigenvalue weighted by Gasteiger charge is -2.27. The third-order valence-electron chi connectivity index (χ3n) is 4.17. The zero-order valence-electron chi connectivity index (χ0n) is 15.9. The second-order valence-corrected chi connectivity index (χ2v) is 8.68. The van der Waals surface area contributed by atoms with Crippen LogP contribution < -0.4 is 16.4 Å². The lowest BCUT2D eigenvalue weighted by molar-refractivity contribution is -0.147. The van der Waals surface area contributed by atoms with Crippen molar-refractivity contribution in [2.45, 2.75) is 56.5 Å². The van der Waals surface area contributed by atoms with Gasteiger partial charge in [-0.1, -0.05) is 20.3 Å². The number of nitrogens with one attached hydrogen (secondary N) is 2. The van der Waals surface area contributed by atoms with Crippen LogP contribution in [0.5, 0.6) is 0 Å². The summed E-state index contributed by atoms with van der Waals surface area (Å²) in [6, 6.07) is -3.95. The molecule has 29 heavy (non-hydrogen) atoms. The fraction of sp³-hybridized carbons (Fsp3) is 0.733. The fourth-order valence-corrected chi connectivity index (χ4v) is 3.01. The molecule has 12 nitrogen and oxygen atoms in total. The molecule has 0 rings (SSSR count). The smallest absolute Gasteiger partial charge is 0.326 e. The first-order chi connectivity index (χ1) is 13.2. The van der Waals surface area contributed by atoms with Crippen LogP contribution in [0.15, 0.2) is 0 Å². The first kappa shape index (κ1) is 27.1. The van der Waals surface area contributed by atoms with Gasteiger partial charge in [0, 0.05) is 6.04 Å². The van der Waals surface area contributed by atoms with E-state index in [2.05, 4.69) is 23.3 Å². The van der Waals surface area contributed by atoms with Gasteiger partial charge in [-0.15, -0.1) is 0 Å². The molecule has 0 fully saturated rings. The number of amides is 2. The number of aliphatic carboxylic acids is 2. The Morgan fingerprint density at radius 2 is 1.66 bits per heavy atom. The van der Waals surface area contributed by atoms with E-state index in [1.54, 1.807) is 13.8 Å². The van der Waals surface area contributed by atoms with Gasteiger partial charge in [0.25, 0.3) is 10.1 Å². The van der Waals surface area contributed by atoms with E-state index >= 15 is 0 Å². The van der Waals surface area contributed by atoms with Crippen LogP contribution in [-0.2, 0) is 29.3 Å². The molecule has 0 aromatic heterocycles. The molecule has 0 aromatic rings. The second-order valence-electron chi connectivity index (χ2n) is 6.55. The maximum atomic E-state index is 12.5. The van der Waals surface area contributed by atoms with Crippen molar-refractivity contribution in [2.24, 2.45) is 11.7 Å². The Morgan fingerprint density at radius 3 is 2.07 bits per heavy atom. The van der Waals surface area contributed by atoms with Crippen molar-refractivity contribution in [1.82, 2.24) is 10.6 Å². The quantitative estimate of drug-likeness (QED) is 0.125. The molecular formula is C15H27N3O9S2. The first-order valence-electron chi connectivity index (χ1n) is 8.63. The third-order valence-corrected chi connectivity index (χ3v) is 5.54. The third kappa shape index (κ3) is 10.4. The number of hydrogen-bond acceptors (Lipinski definition) is 8. The van der Waals surface area contributed by atoms with Crippen LogP contribution in [0, 0.1) is 5.92 Å². The van der Waals surface area contributed by atoms with Gasteiger partial charge in [-0.3, -0.25) is 18.9 Å². The molecule has 0 saturated carbocycles. The van der Waals surface area contributed by atoms with E-state index in [0.29, 0.717) is 6.42 Å². The molecule has 2 amide bonds. The van der Waals surface area contributed by atoms with E-state index in [-0.39, 0.29) is 6.42 Å². The summed E-state index contributed by atoms with van der Waals surface area (Å²) in [6.45, 7) is 3.34. The molecule has 0 aliphatic rings. The SMILES string of the molecule is CC[C@H](C)[C@H](NC(=O)[C@@H](S)[C@@H](N)CCS(=O)(=O)O)C(=O)N[C@@H](CC(=O)O)C(=O)O. The molecule has 0 heterocycles. The number of carbonyl (C=O) groups is 4. The fourth-order valence-electron chi connectivity index (χ4n) is 2.21. The van der Waals surface area contributed by atoms with Crippen molar-refractivity contribution in [2.75, 3.05) is 5.75 Å². The topological polar surface area (TPSA) is 213 Å². The highest BCUT2D eigenvalue weighted by molar-refractivity contribution is 7.85. The summed E-state index contributed by atoms with van der Waals surface area (Å²) in [4.78, 5) is 46.7. The standard InChI is InChI=1S/C15H27N3O9S2/c1-3-7(2)11(13(21)17-9(15(23)24)6-10(19)20)18-14(22)12(28)8(16)4-5-29(25,26)27/h7-9,11-12,28H,3-6,16H2,1-2H3,(H,17,21)(H,18,22)(H,19,20)(H,23,24)(H,25,26,27)/t7-,8-,9-,11-,12-/m0/s1. The van der Waals surface area contributed by atoms with E-state index in [1.165, 1.54) is 0 Å². The van der Waals surface area contributed by atoms with Crippen molar-refractivity contribution in [1.29, 1.82) is 0 Å². The predicted octanol–water partition coefficient (Wildman–Crippen LogP) is -1.53. The van der Waals surface area contributed by atoms with Gasteiger partial charge in [0.15, 0.2) is 0 Å². The zero-order valence-corrected chi connectivity index (χ0v) is 17.7. The number of thiol groups is 1. The van der Waals surface area contributed by atoms with Crippen LogP contribution in [0.3, 0.4) is 0 Å². The molecule has 0 aromatic carbocycles. The molecule has 0 aliphatic carbocycles. The molecule has 168 valence electrons. The Balaban J connectivity index is 5.22. The van der Waals surface area contributed by atoms with Crippen LogP contribution in [0.1, 0.15) is 33.1 Å². The molecule has 0 aliphatic heterocycles. The lowest BCUT2D eigenvalue weighted by Crippen LogP contribution is -2.57. The number of hydrogen-bond donors (Lipinski definition) is 7. The number of rotatable bonds is 13. The van der Waals surface area contributed by atoms with Crippen LogP contribution in [0.25, 0.3) is 0 Å². The minimum Gasteiger partial charge on any atom is -0.481 e. The van der Waals surface area contributed by atoms with Crippen LogP contribution >= 0.6 is 12.6 Å². The van der Waals surface area contributed by atoms with Gasteiger partial charge in [0.2, 0.25) is 11.8 Å². The molecule has 0 spiro atoms. The summed E-state index contributed by atoms with van der Waals surface area (Å²) in [6.07, 6.45) is -0.695. The number of carboxylic acids is 2. The summed E-state index contributed by atoms with van der Waals surface area (Å²) < 4.78 is 30.3. The molecule has 0 radical (unpaired) electrons. The molecular weight excluding hydrogens is 430 g/mol. The molecule has 14 heteroatoms. The van der Waals surface area contributed by atoms with E-state index < -0.39 is 75.3 Å². The van der Waals surface area contributed by atoms with Gasteiger partial charge in [0.1, 0.15) is 12.1 Å². The van der Waals surface area contributed by atoms with Gasteiger partial charge in [-0.25, -0.2) is 4.79 Å². The summed E-state index contributed by atoms with van der Waals surface area (Å²) >= 11 is 4.02. The van der Waals surface area contributed by atoms with Gasteiger partial charge in [-0.05, 0) is 12.3 Å². The van der Waals surface area contributed by atoms with Gasteiger partial charge in [0.05, 0.1) is 17.4 Å². The van der Waals surface area contributed by atoms with E-state index in [1.807, 2.05) is 0 Å². The van der Waals surface area contributed by atoms with E-state index in [0.717, 1.165) is 0 Å². The van der Waals surface area contributed by atoms with Crippen LogP contribution in [0.2, 0.25) is 0 Å². The summed E-state index contributed by atoms with van der Waals surface area (Å²) in [5.74, 6) is -5.80. The first-order valence-corrected chi connectivity index (χ1v) is 10.8. The van der Waals surface area contributed by atoms with Crippen LogP contribution in [-0.4, -0.2) is 76.1 Å². The minimum atomic E-state index is -4.28. The van der Waals surface area contributed by atoms with Gasteiger partial charge < -0.3 is 26.6 Å². The van der Waals surface area contributed by atoms with Crippen molar-refractivity contribution >= 4 is 46.5 Å². The molecule has 7 N–H and O–H groups in total. The highest BCUT2D eigenvalue weighted by atomic mass is 32.2. The number of carboxylic acid groups (broad SMARTS) is 2. The van der Waals surface area contributed by atoms with Crippen molar-refractivity contribution in [3.63, 3.8) is 0 Å². The monoisotopic (exact) mass is 457 g/mol. The number of carbonyl (C=O) groups excluding carboxylic acids is 2. The Kier molecular flexibility index (Phi) is 11.2. The maximum Gasteiger partial charge on any atom is 0.326 e. The zero-order chi connectivity index (χ0) is 22.9.